The smallest absolute Gasteiger partial charge is 0.343 e. The van der Waals surface area contributed by atoms with E-state index in [1.54, 1.807) is 13.2 Å². The lowest BCUT2D eigenvalue weighted by Gasteiger charge is -2.04. The summed E-state index contributed by atoms with van der Waals surface area (Å²) in [5.74, 6) is 1.50. The van der Waals surface area contributed by atoms with Gasteiger partial charge in [0.2, 0.25) is 0 Å². The van der Waals surface area contributed by atoms with Crippen LogP contribution < -0.4 is 4.74 Å². The van der Waals surface area contributed by atoms with Crippen LogP contribution in [-0.4, -0.2) is 13.1 Å². The van der Waals surface area contributed by atoms with E-state index in [4.69, 9.17) is 9.47 Å². The Balaban J connectivity index is 1.85. The minimum absolute atomic E-state index is 0.325. The number of carbonyl (C=O) groups is 1. The Morgan fingerprint density at radius 1 is 1.00 bits per heavy atom. The summed E-state index contributed by atoms with van der Waals surface area (Å²) in [5.41, 5.74) is 3.67. The Morgan fingerprint density at radius 2 is 1.67 bits per heavy atom. The molecule has 0 saturated heterocycles. The van der Waals surface area contributed by atoms with Gasteiger partial charge >= 0.3 is 5.97 Å². The fourth-order valence-electron chi connectivity index (χ4n) is 2.54. The summed E-state index contributed by atoms with van der Waals surface area (Å²) in [6.45, 7) is 4.32. The van der Waals surface area contributed by atoms with Gasteiger partial charge in [-0.05, 0) is 53.5 Å². The maximum absolute atomic E-state index is 12.1. The van der Waals surface area contributed by atoms with Gasteiger partial charge in [-0.15, -0.1) is 0 Å². The molecule has 3 nitrogen and oxygen atoms in total. The highest BCUT2D eigenvalue weighted by Crippen LogP contribution is 2.28. The van der Waals surface area contributed by atoms with Gasteiger partial charge in [0.15, 0.2) is 0 Å². The zero-order valence-corrected chi connectivity index (χ0v) is 14.1. The lowest BCUT2D eigenvalue weighted by molar-refractivity contribution is -0.130. The lowest BCUT2D eigenvalue weighted by Crippen LogP contribution is -1.97. The van der Waals surface area contributed by atoms with Crippen molar-refractivity contribution in [3.63, 3.8) is 0 Å². The zero-order chi connectivity index (χ0) is 17.1. The molecule has 3 rings (SSSR count). The SMILES string of the molecule is COc1ccc(C2=C/C(=C\c3ccc(C(C)C)cc3)C(=O)O2)cc1. The van der Waals surface area contributed by atoms with Gasteiger partial charge in [-0.2, -0.15) is 0 Å². The largest absolute Gasteiger partial charge is 0.497 e. The monoisotopic (exact) mass is 320 g/mol. The van der Waals surface area contributed by atoms with E-state index in [1.807, 2.05) is 42.5 Å². The summed E-state index contributed by atoms with van der Waals surface area (Å²) in [5, 5.41) is 0. The average molecular weight is 320 g/mol. The lowest BCUT2D eigenvalue weighted by atomic mass is 10.0. The van der Waals surface area contributed by atoms with Gasteiger partial charge in [-0.1, -0.05) is 38.1 Å². The molecule has 0 aromatic heterocycles. The number of carbonyl (C=O) groups excluding carboxylic acids is 1. The van der Waals surface area contributed by atoms with Gasteiger partial charge in [-0.25, -0.2) is 4.79 Å². The second-order valence-electron chi connectivity index (χ2n) is 6.05. The fourth-order valence-corrected chi connectivity index (χ4v) is 2.54. The summed E-state index contributed by atoms with van der Waals surface area (Å²) in [6.07, 6.45) is 3.63. The molecule has 0 radical (unpaired) electrons. The van der Waals surface area contributed by atoms with E-state index < -0.39 is 0 Å². The summed E-state index contributed by atoms with van der Waals surface area (Å²) >= 11 is 0. The van der Waals surface area contributed by atoms with Crippen LogP contribution in [0, 0.1) is 0 Å². The highest BCUT2D eigenvalue weighted by molar-refractivity contribution is 6.05. The van der Waals surface area contributed by atoms with Gasteiger partial charge < -0.3 is 9.47 Å². The first-order chi connectivity index (χ1) is 11.6. The predicted octanol–water partition coefficient (Wildman–Crippen LogP) is 4.80. The first-order valence-corrected chi connectivity index (χ1v) is 7.97. The molecule has 24 heavy (non-hydrogen) atoms. The van der Waals surface area contributed by atoms with E-state index in [0.29, 0.717) is 17.3 Å². The van der Waals surface area contributed by atoms with Crippen LogP contribution in [0.5, 0.6) is 5.75 Å². The van der Waals surface area contributed by atoms with Crippen molar-refractivity contribution in [3.05, 3.63) is 76.9 Å². The molecule has 1 aliphatic heterocycles. The number of rotatable bonds is 4. The molecule has 0 unspecified atom stereocenters. The number of hydrogen-bond donors (Lipinski definition) is 0. The predicted molar refractivity (Wildman–Crippen MR) is 95.6 cm³/mol. The molecule has 2 aromatic rings. The molecule has 1 heterocycles. The Bertz CT molecular complexity index is 794. The molecule has 2 aromatic carbocycles. The quantitative estimate of drug-likeness (QED) is 0.599. The molecule has 122 valence electrons. The Kier molecular flexibility index (Phi) is 4.52. The maximum Gasteiger partial charge on any atom is 0.343 e. The Hall–Kier alpha value is -2.81. The van der Waals surface area contributed by atoms with Gasteiger partial charge in [-0.3, -0.25) is 0 Å². The van der Waals surface area contributed by atoms with Crippen LogP contribution in [0.4, 0.5) is 0 Å². The van der Waals surface area contributed by atoms with E-state index in [1.165, 1.54) is 5.56 Å². The van der Waals surface area contributed by atoms with Gasteiger partial charge in [0, 0.05) is 5.56 Å². The van der Waals surface area contributed by atoms with Crippen LogP contribution >= 0.6 is 0 Å². The molecule has 3 heteroatoms. The molecular weight excluding hydrogens is 300 g/mol. The van der Waals surface area contributed by atoms with Gasteiger partial charge in [0.05, 0.1) is 12.7 Å². The Labute approximate surface area is 142 Å². The zero-order valence-electron chi connectivity index (χ0n) is 14.1. The molecule has 0 N–H and O–H groups in total. The third-order valence-electron chi connectivity index (χ3n) is 4.02. The average Bonchev–Trinajstić information content (AvgIpc) is 2.96. The van der Waals surface area contributed by atoms with Crippen LogP contribution in [0.15, 0.2) is 60.2 Å². The van der Waals surface area contributed by atoms with Crippen LogP contribution in [0.25, 0.3) is 11.8 Å². The molecular formula is C21H20O3. The third-order valence-corrected chi connectivity index (χ3v) is 4.02. The van der Waals surface area contributed by atoms with Crippen LogP contribution in [0.2, 0.25) is 0 Å². The summed E-state index contributed by atoms with van der Waals surface area (Å²) in [6, 6.07) is 15.7. The number of methoxy groups -OCH3 is 1. The third kappa shape index (κ3) is 3.40. The highest BCUT2D eigenvalue weighted by Gasteiger charge is 2.21. The standard InChI is InChI=1S/C21H20O3/c1-14(2)16-6-4-15(5-7-16)12-18-13-20(24-21(18)22)17-8-10-19(23-3)11-9-17/h4-14H,1-3H3/b18-12+. The highest BCUT2D eigenvalue weighted by atomic mass is 16.5. The van der Waals surface area contributed by atoms with Crippen molar-refractivity contribution < 1.29 is 14.3 Å². The first kappa shape index (κ1) is 16.1. The molecule has 0 aliphatic carbocycles. The molecule has 0 spiro atoms. The van der Waals surface area contributed by atoms with Crippen molar-refractivity contribution in [2.24, 2.45) is 0 Å². The van der Waals surface area contributed by atoms with Crippen molar-refractivity contribution in [2.75, 3.05) is 7.11 Å². The second kappa shape index (κ2) is 6.75. The molecule has 0 amide bonds. The summed E-state index contributed by atoms with van der Waals surface area (Å²) < 4.78 is 10.5. The minimum Gasteiger partial charge on any atom is -0.497 e. The van der Waals surface area contributed by atoms with Gasteiger partial charge in [0.25, 0.3) is 0 Å². The van der Waals surface area contributed by atoms with Crippen LogP contribution in [0.3, 0.4) is 0 Å². The topological polar surface area (TPSA) is 35.5 Å². The molecule has 0 bridgehead atoms. The number of esters is 1. The van der Waals surface area contributed by atoms with E-state index in [9.17, 15) is 4.79 Å². The summed E-state index contributed by atoms with van der Waals surface area (Å²) in [7, 11) is 1.62. The van der Waals surface area contributed by atoms with E-state index in [-0.39, 0.29) is 5.97 Å². The molecule has 1 aliphatic rings. The Morgan fingerprint density at radius 3 is 2.25 bits per heavy atom. The summed E-state index contributed by atoms with van der Waals surface area (Å²) in [4.78, 5) is 12.1. The van der Waals surface area contributed by atoms with Crippen molar-refractivity contribution >= 4 is 17.8 Å². The molecule has 0 saturated carbocycles. The first-order valence-electron chi connectivity index (χ1n) is 7.97. The molecule has 0 atom stereocenters. The van der Waals surface area contributed by atoms with Gasteiger partial charge in [0.1, 0.15) is 11.5 Å². The van der Waals surface area contributed by atoms with Crippen molar-refractivity contribution in [2.45, 2.75) is 19.8 Å². The second-order valence-corrected chi connectivity index (χ2v) is 6.05. The van der Waals surface area contributed by atoms with E-state index >= 15 is 0 Å². The van der Waals surface area contributed by atoms with Crippen molar-refractivity contribution in [1.29, 1.82) is 0 Å². The fraction of sp³-hybridized carbons (Fsp3) is 0.190. The van der Waals surface area contributed by atoms with Crippen LogP contribution in [0.1, 0.15) is 36.5 Å². The maximum atomic E-state index is 12.1. The van der Waals surface area contributed by atoms with Crippen molar-refractivity contribution in [1.82, 2.24) is 0 Å². The molecule has 0 fully saturated rings. The van der Waals surface area contributed by atoms with E-state index in [0.717, 1.165) is 16.9 Å². The van der Waals surface area contributed by atoms with E-state index in [2.05, 4.69) is 26.0 Å². The number of hydrogen-bond acceptors (Lipinski definition) is 3. The van der Waals surface area contributed by atoms with Crippen molar-refractivity contribution in [3.8, 4) is 5.75 Å². The number of cyclic esters (lactones) is 1. The normalized spacial score (nSPS) is 15.6. The number of benzene rings is 2. The minimum atomic E-state index is -0.325. The van der Waals surface area contributed by atoms with Crippen LogP contribution in [-0.2, 0) is 9.53 Å². The number of ether oxygens (including phenoxy) is 2.